The normalized spacial score (nSPS) is 27.1. The van der Waals surface area contributed by atoms with E-state index in [9.17, 15) is 20.4 Å². The van der Waals surface area contributed by atoms with Crippen LogP contribution in [-0.2, 0) is 16.9 Å². The molecule has 4 N–H and O–H groups in total. The van der Waals surface area contributed by atoms with Gasteiger partial charge in [0, 0.05) is 5.56 Å². The Bertz CT molecular complexity index is 667. The number of rotatable bonds is 4. The maximum absolute atomic E-state index is 10.8. The number of aromatic hydroxyl groups is 2. The highest BCUT2D eigenvalue weighted by atomic mass is 16.6. The molecule has 128 valence electrons. The topological polar surface area (TPSA) is 90.2 Å². The molecule has 1 fully saturated rings. The van der Waals surface area contributed by atoms with Gasteiger partial charge in [-0.2, -0.15) is 0 Å². The largest absolute Gasteiger partial charge is 0.508 e. The second-order valence-corrected chi connectivity index (χ2v) is 6.28. The number of benzene rings is 2. The molecule has 0 aliphatic carbocycles. The Hall–Kier alpha value is -2.08. The number of hydrogen-bond acceptors (Lipinski definition) is 5. The highest BCUT2D eigenvalue weighted by molar-refractivity contribution is 5.30. The van der Waals surface area contributed by atoms with Gasteiger partial charge in [0.2, 0.25) is 5.79 Å². The number of phenolic OH excluding ortho intramolecular Hbond substituents is 2. The number of aryl methyl sites for hydroxylation is 1. The van der Waals surface area contributed by atoms with Crippen molar-refractivity contribution in [1.29, 1.82) is 0 Å². The molecule has 0 amide bonds. The molecule has 24 heavy (non-hydrogen) atoms. The van der Waals surface area contributed by atoms with Crippen molar-refractivity contribution in [2.75, 3.05) is 0 Å². The third-order valence-electron chi connectivity index (χ3n) is 4.53. The van der Waals surface area contributed by atoms with Crippen LogP contribution in [0, 0.1) is 0 Å². The standard InChI is InChI=1S/C19H22O5/c20-15-6-1-13(2-7-15)3-10-17-11-12-18(22)19(23,24-17)14-4-8-16(21)9-5-14/h1-2,4-9,17-18,20-23H,3,10-12H2/t17-,18+,19+/m1/s1. The maximum Gasteiger partial charge on any atom is 0.219 e. The van der Waals surface area contributed by atoms with E-state index in [2.05, 4.69) is 0 Å². The Morgan fingerprint density at radius 2 is 1.50 bits per heavy atom. The predicted molar refractivity (Wildman–Crippen MR) is 88.5 cm³/mol. The molecule has 0 radical (unpaired) electrons. The molecular formula is C19H22O5. The lowest BCUT2D eigenvalue weighted by molar-refractivity contribution is -0.310. The molecule has 0 bridgehead atoms. The van der Waals surface area contributed by atoms with Crippen LogP contribution in [0.4, 0.5) is 0 Å². The fourth-order valence-corrected chi connectivity index (χ4v) is 3.09. The van der Waals surface area contributed by atoms with Crippen LogP contribution < -0.4 is 0 Å². The van der Waals surface area contributed by atoms with Gasteiger partial charge in [-0.1, -0.05) is 12.1 Å². The molecule has 3 rings (SSSR count). The van der Waals surface area contributed by atoms with E-state index < -0.39 is 11.9 Å². The zero-order chi connectivity index (χ0) is 17.2. The van der Waals surface area contributed by atoms with Gasteiger partial charge in [0.25, 0.3) is 0 Å². The average molecular weight is 330 g/mol. The van der Waals surface area contributed by atoms with Gasteiger partial charge in [-0.25, -0.2) is 0 Å². The van der Waals surface area contributed by atoms with Crippen LogP contribution in [0.5, 0.6) is 11.5 Å². The van der Waals surface area contributed by atoms with Crippen LogP contribution in [0.2, 0.25) is 0 Å². The summed E-state index contributed by atoms with van der Waals surface area (Å²) in [5, 5.41) is 39.7. The zero-order valence-electron chi connectivity index (χ0n) is 13.3. The average Bonchev–Trinajstić information content (AvgIpc) is 2.58. The fraction of sp³-hybridized carbons (Fsp3) is 0.368. The molecule has 1 aliphatic rings. The Labute approximate surface area is 140 Å². The van der Waals surface area contributed by atoms with Crippen molar-refractivity contribution in [3.05, 3.63) is 59.7 Å². The monoisotopic (exact) mass is 330 g/mol. The summed E-state index contributed by atoms with van der Waals surface area (Å²) in [5.74, 6) is -1.43. The quantitative estimate of drug-likeness (QED) is 0.691. The molecule has 0 aromatic heterocycles. The van der Waals surface area contributed by atoms with Crippen LogP contribution in [0.3, 0.4) is 0 Å². The highest BCUT2D eigenvalue weighted by Crippen LogP contribution is 2.37. The predicted octanol–water partition coefficient (Wildman–Crippen LogP) is 2.42. The van der Waals surface area contributed by atoms with E-state index in [1.54, 1.807) is 24.3 Å². The van der Waals surface area contributed by atoms with Gasteiger partial charge in [-0.15, -0.1) is 0 Å². The van der Waals surface area contributed by atoms with E-state index >= 15 is 0 Å². The van der Waals surface area contributed by atoms with Crippen molar-refractivity contribution in [3.8, 4) is 11.5 Å². The third kappa shape index (κ3) is 3.53. The summed E-state index contributed by atoms with van der Waals surface area (Å²) in [6.45, 7) is 0. The summed E-state index contributed by atoms with van der Waals surface area (Å²) in [6.07, 6.45) is 1.38. The van der Waals surface area contributed by atoms with Crippen LogP contribution in [0.1, 0.15) is 30.4 Å². The van der Waals surface area contributed by atoms with Gasteiger partial charge in [0.15, 0.2) is 0 Å². The van der Waals surface area contributed by atoms with Gasteiger partial charge in [0.1, 0.15) is 17.6 Å². The van der Waals surface area contributed by atoms with Crippen molar-refractivity contribution >= 4 is 0 Å². The van der Waals surface area contributed by atoms with Crippen LogP contribution in [0.25, 0.3) is 0 Å². The fourth-order valence-electron chi connectivity index (χ4n) is 3.09. The van der Waals surface area contributed by atoms with Gasteiger partial charge in [-0.3, -0.25) is 0 Å². The van der Waals surface area contributed by atoms with E-state index in [0.717, 1.165) is 12.0 Å². The smallest absolute Gasteiger partial charge is 0.219 e. The first kappa shape index (κ1) is 16.8. The minimum Gasteiger partial charge on any atom is -0.508 e. The summed E-state index contributed by atoms with van der Waals surface area (Å²) >= 11 is 0. The first-order chi connectivity index (χ1) is 11.5. The van der Waals surface area contributed by atoms with E-state index in [1.807, 2.05) is 12.1 Å². The molecular weight excluding hydrogens is 308 g/mol. The number of phenols is 2. The molecule has 1 aliphatic heterocycles. The number of ether oxygens (including phenoxy) is 1. The van der Waals surface area contributed by atoms with Crippen LogP contribution in [0.15, 0.2) is 48.5 Å². The Balaban J connectivity index is 1.68. The molecule has 5 nitrogen and oxygen atoms in total. The first-order valence-corrected chi connectivity index (χ1v) is 8.13. The van der Waals surface area contributed by atoms with Crippen molar-refractivity contribution < 1.29 is 25.2 Å². The van der Waals surface area contributed by atoms with Gasteiger partial charge < -0.3 is 25.2 Å². The zero-order valence-corrected chi connectivity index (χ0v) is 13.3. The summed E-state index contributed by atoms with van der Waals surface area (Å²) in [7, 11) is 0. The number of hydrogen-bond donors (Lipinski definition) is 4. The van der Waals surface area contributed by atoms with Crippen LogP contribution in [-0.4, -0.2) is 32.6 Å². The molecule has 1 heterocycles. The van der Waals surface area contributed by atoms with Crippen molar-refractivity contribution in [1.82, 2.24) is 0 Å². The third-order valence-corrected chi connectivity index (χ3v) is 4.53. The number of aliphatic hydroxyl groups excluding tert-OH is 1. The van der Waals surface area contributed by atoms with Gasteiger partial charge in [0.05, 0.1) is 6.10 Å². The number of aliphatic hydroxyl groups is 2. The summed E-state index contributed by atoms with van der Waals surface area (Å²) in [5.41, 5.74) is 1.51. The lowest BCUT2D eigenvalue weighted by Gasteiger charge is -2.41. The molecule has 1 saturated heterocycles. The molecule has 0 unspecified atom stereocenters. The second-order valence-electron chi connectivity index (χ2n) is 6.28. The summed E-state index contributed by atoms with van der Waals surface area (Å²) in [6, 6.07) is 13.0. The second kappa shape index (κ2) is 6.81. The van der Waals surface area contributed by atoms with E-state index in [1.165, 1.54) is 12.1 Å². The summed E-state index contributed by atoms with van der Waals surface area (Å²) < 4.78 is 5.83. The van der Waals surface area contributed by atoms with Crippen molar-refractivity contribution in [2.24, 2.45) is 0 Å². The van der Waals surface area contributed by atoms with E-state index in [-0.39, 0.29) is 17.6 Å². The SMILES string of the molecule is Oc1ccc(CC[C@@H]2CC[C@H](O)[C@](O)(c3ccc(O)cc3)O2)cc1. The lowest BCUT2D eigenvalue weighted by atomic mass is 9.90. The van der Waals surface area contributed by atoms with Crippen molar-refractivity contribution in [3.63, 3.8) is 0 Å². The van der Waals surface area contributed by atoms with Gasteiger partial charge in [-0.05, 0) is 67.6 Å². The van der Waals surface area contributed by atoms with Crippen LogP contribution >= 0.6 is 0 Å². The Morgan fingerprint density at radius 3 is 2.12 bits per heavy atom. The Morgan fingerprint density at radius 1 is 0.917 bits per heavy atom. The molecule has 3 atom stereocenters. The highest BCUT2D eigenvalue weighted by Gasteiger charge is 2.44. The molecule has 2 aromatic carbocycles. The Kier molecular flexibility index (Phi) is 4.76. The summed E-state index contributed by atoms with van der Waals surface area (Å²) in [4.78, 5) is 0. The minimum absolute atomic E-state index is 0.0940. The van der Waals surface area contributed by atoms with Gasteiger partial charge >= 0.3 is 0 Å². The first-order valence-electron chi connectivity index (χ1n) is 8.13. The molecule has 2 aromatic rings. The van der Waals surface area contributed by atoms with E-state index in [0.29, 0.717) is 24.8 Å². The van der Waals surface area contributed by atoms with E-state index in [4.69, 9.17) is 4.74 Å². The lowest BCUT2D eigenvalue weighted by Crippen LogP contribution is -2.48. The minimum atomic E-state index is -1.76. The van der Waals surface area contributed by atoms with Crippen molar-refractivity contribution in [2.45, 2.75) is 43.7 Å². The molecule has 0 saturated carbocycles. The maximum atomic E-state index is 10.8. The molecule has 0 spiro atoms. The molecule has 5 heteroatoms.